The molecule has 13 heavy (non-hydrogen) atoms. The number of rotatable bonds is 1. The van der Waals surface area contributed by atoms with E-state index in [1.807, 2.05) is 0 Å². The summed E-state index contributed by atoms with van der Waals surface area (Å²) in [5.41, 5.74) is 0. The lowest BCUT2D eigenvalue weighted by atomic mass is 9.99. The largest absolute Gasteiger partial charge is 0.479 e. The van der Waals surface area contributed by atoms with Crippen LogP contribution in [0.4, 0.5) is 0 Å². The smallest absolute Gasteiger partial charge is 0.335 e. The predicted octanol–water partition coefficient (Wildman–Crippen LogP) is -2.69. The topological polar surface area (TPSA) is 127 Å². The predicted molar refractivity (Wildman–Crippen MR) is 35.0 cm³/mol. The van der Waals surface area contributed by atoms with Gasteiger partial charge in [-0.05, 0) is 0 Å². The number of aliphatic carboxylic acids is 1. The minimum Gasteiger partial charge on any atom is -0.479 e. The van der Waals surface area contributed by atoms with Gasteiger partial charge < -0.3 is 25.2 Å². The van der Waals surface area contributed by atoms with Crippen molar-refractivity contribution < 1.29 is 35.1 Å². The van der Waals surface area contributed by atoms with Crippen LogP contribution in [0.5, 0.6) is 0 Å². The third-order valence-electron chi connectivity index (χ3n) is 1.81. The number of carboxylic acid groups (broad SMARTS) is 1. The van der Waals surface area contributed by atoms with Gasteiger partial charge in [0.05, 0.1) is 0 Å². The molecule has 0 saturated carbocycles. The Hall–Kier alpha value is -0.730. The highest BCUT2D eigenvalue weighted by atomic mass is 16.6. The van der Waals surface area contributed by atoms with E-state index in [2.05, 4.69) is 4.74 Å². The normalized spacial score (nSPS) is 46.0. The van der Waals surface area contributed by atoms with Crippen LogP contribution in [0, 0.1) is 0 Å². The van der Waals surface area contributed by atoms with E-state index >= 15 is 0 Å². The van der Waals surface area contributed by atoms with Gasteiger partial charge in [-0.15, -0.1) is 0 Å². The molecule has 0 spiro atoms. The third-order valence-corrected chi connectivity index (χ3v) is 1.81. The first-order valence-corrected chi connectivity index (χ1v) is 3.53. The Balaban J connectivity index is 2.76. The summed E-state index contributed by atoms with van der Waals surface area (Å²) in [6, 6.07) is 0. The lowest BCUT2D eigenvalue weighted by molar-refractivity contribution is -0.288. The van der Waals surface area contributed by atoms with Crippen molar-refractivity contribution in [2.75, 3.05) is 0 Å². The van der Waals surface area contributed by atoms with Gasteiger partial charge in [-0.2, -0.15) is 0 Å². The van der Waals surface area contributed by atoms with Crippen LogP contribution >= 0.6 is 0 Å². The summed E-state index contributed by atoms with van der Waals surface area (Å²) in [4.78, 5) is 10.3. The van der Waals surface area contributed by atoms with Gasteiger partial charge in [-0.1, -0.05) is 0 Å². The molecular weight excluding hydrogens is 184 g/mol. The minimum atomic E-state index is -2.00. The van der Waals surface area contributed by atoms with Crippen molar-refractivity contribution in [2.24, 2.45) is 0 Å². The highest BCUT2D eigenvalue weighted by molar-refractivity contribution is 5.73. The van der Waals surface area contributed by atoms with Crippen LogP contribution in [-0.2, 0) is 14.6 Å². The summed E-state index contributed by atoms with van der Waals surface area (Å²) in [5, 5.41) is 46.1. The van der Waals surface area contributed by atoms with Gasteiger partial charge in [0.25, 0.3) is 0 Å². The van der Waals surface area contributed by atoms with Crippen molar-refractivity contribution >= 4 is 5.97 Å². The van der Waals surface area contributed by atoms with E-state index in [1.165, 1.54) is 0 Å². The molecule has 1 aliphatic rings. The molecule has 7 nitrogen and oxygen atoms in total. The lowest BCUT2D eigenvalue weighted by Crippen LogP contribution is -2.59. The van der Waals surface area contributed by atoms with Crippen LogP contribution in [-0.4, -0.2) is 57.1 Å². The number of aliphatic hydroxyl groups excluding tert-OH is 3. The Kier molecular flexibility index (Phi) is 2.84. The molecule has 5 atom stereocenters. The van der Waals surface area contributed by atoms with E-state index in [1.54, 1.807) is 0 Å². The Morgan fingerprint density at radius 3 is 2.15 bits per heavy atom. The van der Waals surface area contributed by atoms with E-state index in [0.29, 0.717) is 0 Å². The zero-order valence-corrected chi connectivity index (χ0v) is 6.40. The Bertz CT molecular complexity index is 205. The monoisotopic (exact) mass is 193 g/mol. The molecule has 4 N–H and O–H groups in total. The molecular formula is C6H9O7. The number of carboxylic acids is 1. The number of ether oxygens (including phenoxy) is 1. The van der Waals surface area contributed by atoms with Gasteiger partial charge in [-0.25, -0.2) is 9.90 Å². The van der Waals surface area contributed by atoms with E-state index < -0.39 is 36.7 Å². The summed E-state index contributed by atoms with van der Waals surface area (Å²) >= 11 is 0. The molecule has 0 aliphatic carbocycles. The molecule has 0 aromatic carbocycles. The third kappa shape index (κ3) is 1.79. The summed E-state index contributed by atoms with van der Waals surface area (Å²) < 4.78 is 4.28. The van der Waals surface area contributed by atoms with E-state index in [0.717, 1.165) is 0 Å². The maximum atomic E-state index is 11.0. The zero-order valence-electron chi connectivity index (χ0n) is 6.40. The quantitative estimate of drug-likeness (QED) is 0.359. The average molecular weight is 193 g/mol. The average Bonchev–Trinajstić information content (AvgIpc) is 2.07. The summed E-state index contributed by atoms with van der Waals surface area (Å²) in [6.45, 7) is 0. The SMILES string of the molecule is [O][C@H]1[C@H](O)[C@@H](O)[C@@H](O)O[C@@H]1C(=O)O. The fraction of sp³-hybridized carbons (Fsp3) is 0.833. The molecule has 1 saturated heterocycles. The Morgan fingerprint density at radius 2 is 1.69 bits per heavy atom. The van der Waals surface area contributed by atoms with E-state index in [9.17, 15) is 9.90 Å². The van der Waals surface area contributed by atoms with Crippen LogP contribution in [0.25, 0.3) is 0 Å². The second-order valence-electron chi connectivity index (χ2n) is 2.73. The van der Waals surface area contributed by atoms with E-state index in [4.69, 9.17) is 20.4 Å². The van der Waals surface area contributed by atoms with Crippen molar-refractivity contribution in [3.8, 4) is 0 Å². The van der Waals surface area contributed by atoms with Crippen LogP contribution in [0.15, 0.2) is 0 Å². The maximum Gasteiger partial charge on any atom is 0.335 e. The molecule has 7 heteroatoms. The molecule has 1 heterocycles. The van der Waals surface area contributed by atoms with Crippen molar-refractivity contribution in [1.29, 1.82) is 0 Å². The van der Waals surface area contributed by atoms with Gasteiger partial charge in [0.15, 0.2) is 18.5 Å². The Morgan fingerprint density at radius 1 is 1.15 bits per heavy atom. The van der Waals surface area contributed by atoms with Gasteiger partial charge >= 0.3 is 5.97 Å². The Labute approximate surface area is 72.8 Å². The first-order chi connectivity index (χ1) is 5.95. The maximum absolute atomic E-state index is 11.0. The van der Waals surface area contributed by atoms with Crippen molar-refractivity contribution in [3.63, 3.8) is 0 Å². The molecule has 1 fully saturated rings. The molecule has 1 radical (unpaired) electrons. The second kappa shape index (κ2) is 3.56. The molecule has 0 aromatic rings. The summed E-state index contributed by atoms with van der Waals surface area (Å²) in [5.74, 6) is -1.58. The van der Waals surface area contributed by atoms with Gasteiger partial charge in [-0.3, -0.25) is 0 Å². The van der Waals surface area contributed by atoms with Crippen molar-refractivity contribution in [1.82, 2.24) is 0 Å². The lowest BCUT2D eigenvalue weighted by Gasteiger charge is -2.34. The van der Waals surface area contributed by atoms with Crippen LogP contribution in [0.1, 0.15) is 0 Å². The highest BCUT2D eigenvalue weighted by Crippen LogP contribution is 2.20. The molecule has 0 aromatic heterocycles. The molecule has 0 bridgehead atoms. The van der Waals surface area contributed by atoms with E-state index in [-0.39, 0.29) is 0 Å². The van der Waals surface area contributed by atoms with Crippen LogP contribution < -0.4 is 0 Å². The number of aliphatic hydroxyl groups is 3. The number of hydrogen-bond acceptors (Lipinski definition) is 5. The fourth-order valence-corrected chi connectivity index (χ4v) is 1.05. The molecule has 0 amide bonds. The van der Waals surface area contributed by atoms with Crippen molar-refractivity contribution in [3.05, 3.63) is 0 Å². The second-order valence-corrected chi connectivity index (χ2v) is 2.73. The van der Waals surface area contributed by atoms with Gasteiger partial charge in [0.2, 0.25) is 0 Å². The molecule has 1 aliphatic heterocycles. The molecule has 0 unspecified atom stereocenters. The van der Waals surface area contributed by atoms with Crippen molar-refractivity contribution in [2.45, 2.75) is 30.7 Å². The first-order valence-electron chi connectivity index (χ1n) is 3.53. The number of carbonyl (C=O) groups is 1. The fourth-order valence-electron chi connectivity index (χ4n) is 1.05. The summed E-state index contributed by atoms with van der Waals surface area (Å²) in [6.07, 6.45) is -9.30. The first kappa shape index (κ1) is 10.4. The van der Waals surface area contributed by atoms with Gasteiger partial charge in [0, 0.05) is 0 Å². The standard InChI is InChI=1S/C6H9O7/c7-1-2(8)4(5(10)11)13-6(12)3(1)9/h1-4,6-7,9,12H,(H,10,11)/t1-,2-,3+,4-,6-/m0/s1. The van der Waals surface area contributed by atoms with Crippen LogP contribution in [0.2, 0.25) is 0 Å². The number of hydrogen-bond donors (Lipinski definition) is 4. The molecule has 75 valence electrons. The summed E-state index contributed by atoms with van der Waals surface area (Å²) in [7, 11) is 0. The molecule has 1 rings (SSSR count). The zero-order chi connectivity index (χ0) is 10.2. The van der Waals surface area contributed by atoms with Gasteiger partial charge in [0.1, 0.15) is 12.2 Å². The van der Waals surface area contributed by atoms with Crippen LogP contribution in [0.3, 0.4) is 0 Å². The minimum absolute atomic E-state index is 1.58. The highest BCUT2D eigenvalue weighted by Gasteiger charge is 2.47.